The van der Waals surface area contributed by atoms with E-state index in [1.165, 1.54) is 29.5 Å². The molecule has 0 saturated carbocycles. The molecule has 152 valence electrons. The van der Waals surface area contributed by atoms with Crippen LogP contribution in [-0.4, -0.2) is 55.0 Å². The Hall–Kier alpha value is -2.43. The molecule has 4 nitrogen and oxygen atoms in total. The maximum absolute atomic E-state index is 12.3. The molecule has 1 fully saturated rings. The van der Waals surface area contributed by atoms with Gasteiger partial charge in [-0.2, -0.15) is 0 Å². The van der Waals surface area contributed by atoms with Crippen LogP contribution in [0.5, 0.6) is 0 Å². The second-order valence-corrected chi connectivity index (χ2v) is 8.09. The molecule has 0 spiro atoms. The van der Waals surface area contributed by atoms with Crippen LogP contribution in [0.15, 0.2) is 54.6 Å². The first kappa shape index (κ1) is 19.9. The Bertz CT molecular complexity index is 838. The molecule has 0 aromatic heterocycles. The van der Waals surface area contributed by atoms with Crippen LogP contribution in [0, 0.1) is 0 Å². The molecular formula is C25H31N3O. The van der Waals surface area contributed by atoms with Crippen LogP contribution in [0.1, 0.15) is 29.5 Å². The number of fused-ring (bicyclic) bond motifs is 1. The van der Waals surface area contributed by atoms with Crippen LogP contribution in [0.25, 0.3) is 6.08 Å². The normalized spacial score (nSPS) is 17.5. The molecule has 29 heavy (non-hydrogen) atoms. The molecule has 2 aromatic carbocycles. The van der Waals surface area contributed by atoms with Crippen LogP contribution in [0.2, 0.25) is 0 Å². The van der Waals surface area contributed by atoms with E-state index >= 15 is 0 Å². The minimum atomic E-state index is 0.121. The van der Waals surface area contributed by atoms with Crippen molar-refractivity contribution in [2.45, 2.75) is 25.7 Å². The standard InChI is InChI=1S/C25H31N3O/c29-25(26-24-12-11-22-9-4-10-23(22)20-24)13-15-28-18-16-27(17-19-28)14-5-8-21-6-2-1-3-7-21/h1-3,5-8,11-12,20H,4,9-10,13-19H2,(H,26,29)/b8-5+. The zero-order valence-electron chi connectivity index (χ0n) is 17.1. The number of carbonyl (C=O) groups is 1. The fourth-order valence-electron chi connectivity index (χ4n) is 4.23. The minimum Gasteiger partial charge on any atom is -0.326 e. The molecule has 0 radical (unpaired) electrons. The van der Waals surface area contributed by atoms with E-state index in [1.807, 2.05) is 12.1 Å². The molecule has 2 aromatic rings. The molecule has 1 aliphatic carbocycles. The smallest absolute Gasteiger partial charge is 0.225 e. The Morgan fingerprint density at radius 3 is 2.52 bits per heavy atom. The topological polar surface area (TPSA) is 35.6 Å². The Balaban J connectivity index is 1.14. The summed E-state index contributed by atoms with van der Waals surface area (Å²) in [6.45, 7) is 6.01. The first-order chi connectivity index (χ1) is 14.3. The van der Waals surface area contributed by atoms with Crippen molar-refractivity contribution in [3.63, 3.8) is 0 Å². The van der Waals surface area contributed by atoms with Gasteiger partial charge in [-0.05, 0) is 48.1 Å². The van der Waals surface area contributed by atoms with Gasteiger partial charge < -0.3 is 10.2 Å². The Labute approximate surface area is 174 Å². The highest BCUT2D eigenvalue weighted by Crippen LogP contribution is 2.24. The van der Waals surface area contributed by atoms with Crippen LogP contribution >= 0.6 is 0 Å². The van der Waals surface area contributed by atoms with Crippen molar-refractivity contribution in [1.82, 2.24) is 9.80 Å². The lowest BCUT2D eigenvalue weighted by atomic mass is 10.1. The summed E-state index contributed by atoms with van der Waals surface area (Å²) in [7, 11) is 0. The number of benzene rings is 2. The number of carbonyl (C=O) groups excluding carboxylic acids is 1. The number of aryl methyl sites for hydroxylation is 2. The third-order valence-electron chi connectivity index (χ3n) is 5.98. The minimum absolute atomic E-state index is 0.121. The molecular weight excluding hydrogens is 358 g/mol. The molecule has 1 N–H and O–H groups in total. The average molecular weight is 390 g/mol. The monoisotopic (exact) mass is 389 g/mol. The van der Waals surface area contributed by atoms with Crippen LogP contribution in [-0.2, 0) is 17.6 Å². The predicted octanol–water partition coefficient (Wildman–Crippen LogP) is 3.83. The second kappa shape index (κ2) is 9.86. The molecule has 1 aliphatic heterocycles. The van der Waals surface area contributed by atoms with Crippen molar-refractivity contribution in [3.05, 3.63) is 71.3 Å². The molecule has 2 aliphatic rings. The van der Waals surface area contributed by atoms with Crippen LogP contribution in [0.3, 0.4) is 0 Å². The molecule has 0 unspecified atom stereocenters. The summed E-state index contributed by atoms with van der Waals surface area (Å²) in [4.78, 5) is 17.2. The van der Waals surface area contributed by atoms with E-state index in [4.69, 9.17) is 0 Å². The van der Waals surface area contributed by atoms with E-state index in [2.05, 4.69) is 63.7 Å². The molecule has 0 bridgehead atoms. The SMILES string of the molecule is O=C(CCN1CCN(C/C=C/c2ccccc2)CC1)Nc1ccc2c(c1)CCC2. The van der Waals surface area contributed by atoms with Crippen molar-refractivity contribution in [1.29, 1.82) is 0 Å². The van der Waals surface area contributed by atoms with E-state index < -0.39 is 0 Å². The highest BCUT2D eigenvalue weighted by atomic mass is 16.1. The fraction of sp³-hybridized carbons (Fsp3) is 0.400. The van der Waals surface area contributed by atoms with E-state index in [0.29, 0.717) is 6.42 Å². The molecule has 4 heteroatoms. The van der Waals surface area contributed by atoms with Crippen molar-refractivity contribution in [2.24, 2.45) is 0 Å². The highest BCUT2D eigenvalue weighted by molar-refractivity contribution is 5.91. The zero-order valence-corrected chi connectivity index (χ0v) is 17.1. The third-order valence-corrected chi connectivity index (χ3v) is 5.98. The molecule has 4 rings (SSSR count). The molecule has 1 amide bonds. The highest BCUT2D eigenvalue weighted by Gasteiger charge is 2.17. The number of amides is 1. The number of nitrogens with zero attached hydrogens (tertiary/aromatic N) is 2. The predicted molar refractivity (Wildman–Crippen MR) is 120 cm³/mol. The quantitative estimate of drug-likeness (QED) is 0.782. The lowest BCUT2D eigenvalue weighted by molar-refractivity contribution is -0.116. The number of hydrogen-bond donors (Lipinski definition) is 1. The van der Waals surface area contributed by atoms with Crippen molar-refractivity contribution < 1.29 is 4.79 Å². The summed E-state index contributed by atoms with van der Waals surface area (Å²) in [6, 6.07) is 16.8. The van der Waals surface area contributed by atoms with Gasteiger partial charge in [-0.25, -0.2) is 0 Å². The first-order valence-corrected chi connectivity index (χ1v) is 10.8. The number of hydrogen-bond acceptors (Lipinski definition) is 3. The van der Waals surface area contributed by atoms with Gasteiger partial charge in [0, 0.05) is 51.4 Å². The van der Waals surface area contributed by atoms with Gasteiger partial charge in [0.25, 0.3) is 0 Å². The molecule has 1 heterocycles. The van der Waals surface area contributed by atoms with Gasteiger partial charge in [-0.1, -0.05) is 48.6 Å². The summed E-state index contributed by atoms with van der Waals surface area (Å²) < 4.78 is 0. The van der Waals surface area contributed by atoms with Gasteiger partial charge in [0.2, 0.25) is 5.91 Å². The molecule has 1 saturated heterocycles. The lowest BCUT2D eigenvalue weighted by Gasteiger charge is -2.34. The Morgan fingerprint density at radius 1 is 0.931 bits per heavy atom. The van der Waals surface area contributed by atoms with Crippen LogP contribution < -0.4 is 5.32 Å². The molecule has 0 atom stereocenters. The Morgan fingerprint density at radius 2 is 1.69 bits per heavy atom. The summed E-state index contributed by atoms with van der Waals surface area (Å²) in [5.41, 5.74) is 5.05. The number of piperazine rings is 1. The van der Waals surface area contributed by atoms with E-state index in [9.17, 15) is 4.79 Å². The third kappa shape index (κ3) is 5.78. The number of rotatable bonds is 7. The van der Waals surface area contributed by atoms with Crippen molar-refractivity contribution >= 4 is 17.7 Å². The van der Waals surface area contributed by atoms with E-state index in [-0.39, 0.29) is 5.91 Å². The van der Waals surface area contributed by atoms with Gasteiger partial charge in [-0.3, -0.25) is 9.69 Å². The lowest BCUT2D eigenvalue weighted by Crippen LogP contribution is -2.46. The van der Waals surface area contributed by atoms with Crippen LogP contribution in [0.4, 0.5) is 5.69 Å². The first-order valence-electron chi connectivity index (χ1n) is 10.8. The van der Waals surface area contributed by atoms with Gasteiger partial charge in [0.15, 0.2) is 0 Å². The summed E-state index contributed by atoms with van der Waals surface area (Å²) in [5.74, 6) is 0.121. The number of anilines is 1. The van der Waals surface area contributed by atoms with E-state index in [0.717, 1.165) is 51.4 Å². The Kier molecular flexibility index (Phi) is 6.75. The van der Waals surface area contributed by atoms with Crippen molar-refractivity contribution in [2.75, 3.05) is 44.6 Å². The summed E-state index contributed by atoms with van der Waals surface area (Å²) in [6.07, 6.45) is 8.55. The fourth-order valence-corrected chi connectivity index (χ4v) is 4.23. The van der Waals surface area contributed by atoms with Gasteiger partial charge >= 0.3 is 0 Å². The summed E-state index contributed by atoms with van der Waals surface area (Å²) in [5, 5.41) is 3.08. The average Bonchev–Trinajstić information content (AvgIpc) is 3.22. The van der Waals surface area contributed by atoms with Crippen molar-refractivity contribution in [3.8, 4) is 0 Å². The second-order valence-electron chi connectivity index (χ2n) is 8.09. The maximum atomic E-state index is 12.3. The number of nitrogens with one attached hydrogen (secondary N) is 1. The zero-order chi connectivity index (χ0) is 19.9. The maximum Gasteiger partial charge on any atom is 0.225 e. The van der Waals surface area contributed by atoms with Gasteiger partial charge in [-0.15, -0.1) is 0 Å². The van der Waals surface area contributed by atoms with Gasteiger partial charge in [0.1, 0.15) is 0 Å². The van der Waals surface area contributed by atoms with E-state index in [1.54, 1.807) is 0 Å². The largest absolute Gasteiger partial charge is 0.326 e. The summed E-state index contributed by atoms with van der Waals surface area (Å²) >= 11 is 0. The van der Waals surface area contributed by atoms with Gasteiger partial charge in [0.05, 0.1) is 0 Å².